The number of hydrogen-bond donors (Lipinski definition) is 0. The topological polar surface area (TPSA) is 107 Å². The zero-order chi connectivity index (χ0) is 21.0. The van der Waals surface area contributed by atoms with Gasteiger partial charge in [0.25, 0.3) is 11.6 Å². The Hall–Kier alpha value is -3.01. The third-order valence-electron chi connectivity index (χ3n) is 4.62. The SMILES string of the molecule is O=C(COc1ccc([N+](=O)[O-])cc1)N(Cc1cccc(F)c1)[C@H]1CCS(=O)(=O)C1. The normalized spacial score (nSPS) is 17.6. The van der Waals surface area contributed by atoms with Crippen molar-refractivity contribution in [2.45, 2.75) is 19.0 Å². The molecule has 0 aliphatic carbocycles. The van der Waals surface area contributed by atoms with Crippen LogP contribution in [0.2, 0.25) is 0 Å². The number of hydrogen-bond acceptors (Lipinski definition) is 6. The number of carbonyl (C=O) groups excluding carboxylic acids is 1. The first-order valence-corrected chi connectivity index (χ1v) is 10.7. The Bertz CT molecular complexity index is 1010. The van der Waals surface area contributed by atoms with Crippen LogP contribution in [0.5, 0.6) is 5.75 Å². The summed E-state index contributed by atoms with van der Waals surface area (Å²) in [5.74, 6) is -0.779. The molecular weight excluding hydrogens is 403 g/mol. The van der Waals surface area contributed by atoms with E-state index in [-0.39, 0.29) is 36.1 Å². The molecule has 1 atom stereocenters. The largest absolute Gasteiger partial charge is 0.484 e. The number of non-ortho nitro benzene ring substituents is 1. The Morgan fingerprint density at radius 2 is 1.97 bits per heavy atom. The number of rotatable bonds is 7. The first-order chi connectivity index (χ1) is 13.7. The molecule has 2 aromatic rings. The second kappa shape index (κ2) is 8.56. The quantitative estimate of drug-likeness (QED) is 0.501. The van der Waals surface area contributed by atoms with Crippen molar-refractivity contribution in [2.24, 2.45) is 0 Å². The van der Waals surface area contributed by atoms with Crippen molar-refractivity contribution < 1.29 is 27.3 Å². The fraction of sp³-hybridized carbons (Fsp3) is 0.316. The van der Waals surface area contributed by atoms with Gasteiger partial charge in [0.15, 0.2) is 16.4 Å². The van der Waals surface area contributed by atoms with E-state index in [0.29, 0.717) is 12.0 Å². The van der Waals surface area contributed by atoms with E-state index in [4.69, 9.17) is 4.74 Å². The second-order valence-electron chi connectivity index (χ2n) is 6.75. The number of ether oxygens (including phenoxy) is 1. The molecule has 0 aromatic heterocycles. The number of benzene rings is 2. The molecule has 2 aromatic carbocycles. The number of nitrogens with zero attached hydrogens (tertiary/aromatic N) is 2. The summed E-state index contributed by atoms with van der Waals surface area (Å²) in [7, 11) is -3.23. The number of sulfone groups is 1. The number of nitro benzene ring substituents is 1. The zero-order valence-corrected chi connectivity index (χ0v) is 16.2. The summed E-state index contributed by atoms with van der Waals surface area (Å²) in [5, 5.41) is 10.7. The average molecular weight is 422 g/mol. The van der Waals surface area contributed by atoms with E-state index in [1.54, 1.807) is 6.07 Å². The molecule has 1 fully saturated rings. The molecule has 0 saturated carbocycles. The molecule has 1 aliphatic heterocycles. The third kappa shape index (κ3) is 5.50. The smallest absolute Gasteiger partial charge is 0.269 e. The van der Waals surface area contributed by atoms with Crippen LogP contribution in [-0.2, 0) is 21.2 Å². The van der Waals surface area contributed by atoms with Crippen molar-refractivity contribution in [3.63, 3.8) is 0 Å². The Kier molecular flexibility index (Phi) is 6.12. The third-order valence-corrected chi connectivity index (χ3v) is 6.37. The van der Waals surface area contributed by atoms with E-state index in [9.17, 15) is 27.7 Å². The molecule has 0 unspecified atom stereocenters. The lowest BCUT2D eigenvalue weighted by Gasteiger charge is -2.28. The predicted molar refractivity (Wildman–Crippen MR) is 103 cm³/mol. The highest BCUT2D eigenvalue weighted by atomic mass is 32.2. The van der Waals surface area contributed by atoms with Gasteiger partial charge in [-0.05, 0) is 36.2 Å². The van der Waals surface area contributed by atoms with Crippen LogP contribution in [0.3, 0.4) is 0 Å². The van der Waals surface area contributed by atoms with E-state index in [1.165, 1.54) is 47.4 Å². The van der Waals surface area contributed by atoms with Crippen LogP contribution in [-0.4, -0.2) is 48.3 Å². The maximum Gasteiger partial charge on any atom is 0.269 e. The average Bonchev–Trinajstić information content (AvgIpc) is 3.04. The summed E-state index contributed by atoms with van der Waals surface area (Å²) in [6, 6.07) is 10.5. The molecule has 0 radical (unpaired) electrons. The fourth-order valence-corrected chi connectivity index (χ4v) is 4.90. The molecule has 0 spiro atoms. The van der Waals surface area contributed by atoms with Crippen molar-refractivity contribution in [3.05, 3.63) is 70.0 Å². The molecule has 1 aliphatic rings. The lowest BCUT2D eigenvalue weighted by Crippen LogP contribution is -2.43. The maximum atomic E-state index is 13.5. The van der Waals surface area contributed by atoms with Crippen LogP contribution < -0.4 is 4.74 Å². The lowest BCUT2D eigenvalue weighted by molar-refractivity contribution is -0.384. The Morgan fingerprint density at radius 1 is 1.24 bits per heavy atom. The summed E-state index contributed by atoms with van der Waals surface area (Å²) in [5.41, 5.74) is 0.436. The first kappa shape index (κ1) is 20.7. The molecule has 8 nitrogen and oxygen atoms in total. The maximum absolute atomic E-state index is 13.5. The van der Waals surface area contributed by atoms with Crippen molar-refractivity contribution in [3.8, 4) is 5.75 Å². The second-order valence-corrected chi connectivity index (χ2v) is 8.98. The Labute approximate surface area is 167 Å². The Morgan fingerprint density at radius 3 is 2.55 bits per heavy atom. The van der Waals surface area contributed by atoms with Crippen LogP contribution in [0.15, 0.2) is 48.5 Å². The minimum Gasteiger partial charge on any atom is -0.484 e. The monoisotopic (exact) mass is 422 g/mol. The standard InChI is InChI=1S/C19H19FN2O6S/c20-15-3-1-2-14(10-15)11-21(17-8-9-29(26,27)13-17)19(23)12-28-18-6-4-16(5-7-18)22(24)25/h1-7,10,17H,8-9,11-13H2/t17-/m0/s1. The summed E-state index contributed by atoms with van der Waals surface area (Å²) < 4.78 is 42.6. The highest BCUT2D eigenvalue weighted by molar-refractivity contribution is 7.91. The summed E-state index contributed by atoms with van der Waals surface area (Å²) in [6.45, 7) is -0.315. The van der Waals surface area contributed by atoms with E-state index in [1.807, 2.05) is 0 Å². The van der Waals surface area contributed by atoms with Gasteiger partial charge in [-0.2, -0.15) is 0 Å². The molecule has 29 heavy (non-hydrogen) atoms. The van der Waals surface area contributed by atoms with Crippen molar-refractivity contribution in [2.75, 3.05) is 18.1 Å². The van der Waals surface area contributed by atoms with Gasteiger partial charge in [0.2, 0.25) is 0 Å². The van der Waals surface area contributed by atoms with Crippen LogP contribution in [0.1, 0.15) is 12.0 Å². The molecule has 1 heterocycles. The number of amides is 1. The van der Waals surface area contributed by atoms with Gasteiger partial charge in [-0.3, -0.25) is 14.9 Å². The van der Waals surface area contributed by atoms with Gasteiger partial charge >= 0.3 is 0 Å². The molecule has 1 amide bonds. The number of nitro groups is 1. The molecule has 1 saturated heterocycles. The summed E-state index contributed by atoms with van der Waals surface area (Å²) >= 11 is 0. The van der Waals surface area contributed by atoms with Gasteiger partial charge in [0.1, 0.15) is 11.6 Å². The van der Waals surface area contributed by atoms with E-state index < -0.39 is 32.5 Å². The van der Waals surface area contributed by atoms with Crippen LogP contribution in [0, 0.1) is 15.9 Å². The zero-order valence-electron chi connectivity index (χ0n) is 15.4. The van der Waals surface area contributed by atoms with Gasteiger partial charge in [-0.1, -0.05) is 12.1 Å². The molecule has 3 rings (SSSR count). The fourth-order valence-electron chi connectivity index (χ4n) is 3.17. The minimum atomic E-state index is -3.23. The van der Waals surface area contributed by atoms with Crippen molar-refractivity contribution >= 4 is 21.4 Å². The van der Waals surface area contributed by atoms with Crippen molar-refractivity contribution in [1.82, 2.24) is 4.90 Å². The van der Waals surface area contributed by atoms with Crippen molar-refractivity contribution in [1.29, 1.82) is 0 Å². The van der Waals surface area contributed by atoms with E-state index >= 15 is 0 Å². The lowest BCUT2D eigenvalue weighted by atomic mass is 10.1. The van der Waals surface area contributed by atoms with Gasteiger partial charge < -0.3 is 9.64 Å². The van der Waals surface area contributed by atoms with Crippen LogP contribution in [0.25, 0.3) is 0 Å². The van der Waals surface area contributed by atoms with Gasteiger partial charge in [-0.15, -0.1) is 0 Å². The predicted octanol–water partition coefficient (Wildman–Crippen LogP) is 2.33. The minimum absolute atomic E-state index is 0.00614. The summed E-state index contributed by atoms with van der Waals surface area (Å²) in [4.78, 5) is 24.3. The Balaban J connectivity index is 1.72. The highest BCUT2D eigenvalue weighted by Gasteiger charge is 2.34. The molecule has 154 valence electrons. The van der Waals surface area contributed by atoms with Crippen LogP contribution >= 0.6 is 0 Å². The first-order valence-electron chi connectivity index (χ1n) is 8.85. The molecule has 0 N–H and O–H groups in total. The van der Waals surface area contributed by atoms with E-state index in [2.05, 4.69) is 0 Å². The highest BCUT2D eigenvalue weighted by Crippen LogP contribution is 2.22. The molecule has 10 heteroatoms. The van der Waals surface area contributed by atoms with Crippen LogP contribution in [0.4, 0.5) is 10.1 Å². The van der Waals surface area contributed by atoms with E-state index in [0.717, 1.165) is 0 Å². The van der Waals surface area contributed by atoms with Gasteiger partial charge in [0, 0.05) is 24.7 Å². The molecule has 0 bridgehead atoms. The van der Waals surface area contributed by atoms with Gasteiger partial charge in [0.05, 0.1) is 16.4 Å². The number of halogens is 1. The van der Waals surface area contributed by atoms with Gasteiger partial charge in [-0.25, -0.2) is 12.8 Å². The molecular formula is C19H19FN2O6S. The number of carbonyl (C=O) groups is 1. The summed E-state index contributed by atoms with van der Waals surface area (Å²) in [6.07, 6.45) is 0.306.